The molecule has 2 heterocycles. The molecule has 0 aromatic rings. The fourth-order valence-electron chi connectivity index (χ4n) is 2.99. The molecule has 2 unspecified atom stereocenters. The van der Waals surface area contributed by atoms with E-state index in [1.807, 2.05) is 20.8 Å². The first-order chi connectivity index (χ1) is 10.9. The van der Waals surface area contributed by atoms with Gasteiger partial charge in [0.15, 0.2) is 0 Å². The van der Waals surface area contributed by atoms with Crippen molar-refractivity contribution in [1.82, 2.24) is 10.2 Å². The van der Waals surface area contributed by atoms with Gasteiger partial charge >= 0.3 is 6.09 Å². The van der Waals surface area contributed by atoms with Crippen LogP contribution in [-0.2, 0) is 9.47 Å². The summed E-state index contributed by atoms with van der Waals surface area (Å²) in [5, 5.41) is 3.65. The normalized spacial score (nSPS) is 25.9. The Bertz CT molecular complexity index is 428. The molecule has 5 heteroatoms. The molecule has 2 aliphatic heterocycles. The summed E-state index contributed by atoms with van der Waals surface area (Å²) in [6.07, 6.45) is 6.57. The van der Waals surface area contributed by atoms with Gasteiger partial charge in [-0.25, -0.2) is 4.79 Å². The van der Waals surface area contributed by atoms with Gasteiger partial charge in [0.25, 0.3) is 0 Å². The average molecular weight is 324 g/mol. The van der Waals surface area contributed by atoms with Crippen molar-refractivity contribution in [2.24, 2.45) is 0 Å². The Balaban J connectivity index is 1.73. The number of ether oxygens (including phenoxy) is 2. The third-order valence-corrected chi connectivity index (χ3v) is 4.40. The van der Waals surface area contributed by atoms with Gasteiger partial charge in [-0.3, -0.25) is 0 Å². The van der Waals surface area contributed by atoms with E-state index in [2.05, 4.69) is 18.3 Å². The van der Waals surface area contributed by atoms with Gasteiger partial charge in [0.05, 0.1) is 6.10 Å². The fraction of sp³-hybridized carbons (Fsp3) is 0.833. The minimum absolute atomic E-state index is 0.212. The SMILES string of the molecule is CCC1CC(NCC2=CCN(C(=O)OC(C)(C)C)CC2)CCO1. The Morgan fingerprint density at radius 3 is 2.87 bits per heavy atom. The summed E-state index contributed by atoms with van der Waals surface area (Å²) in [6.45, 7) is 11.1. The Labute approximate surface area is 140 Å². The molecule has 0 radical (unpaired) electrons. The lowest BCUT2D eigenvalue weighted by atomic mass is 10.0. The summed E-state index contributed by atoms with van der Waals surface area (Å²) >= 11 is 0. The first kappa shape index (κ1) is 18.3. The monoisotopic (exact) mass is 324 g/mol. The van der Waals surface area contributed by atoms with Crippen LogP contribution in [0.5, 0.6) is 0 Å². The Hall–Kier alpha value is -1.07. The zero-order valence-electron chi connectivity index (χ0n) is 15.1. The molecule has 23 heavy (non-hydrogen) atoms. The Morgan fingerprint density at radius 2 is 2.26 bits per heavy atom. The molecule has 1 fully saturated rings. The van der Waals surface area contributed by atoms with Crippen molar-refractivity contribution in [3.63, 3.8) is 0 Å². The summed E-state index contributed by atoms with van der Waals surface area (Å²) in [4.78, 5) is 13.8. The molecule has 0 saturated carbocycles. The molecule has 0 aromatic heterocycles. The molecule has 0 spiro atoms. The van der Waals surface area contributed by atoms with Crippen molar-refractivity contribution in [2.45, 2.75) is 71.1 Å². The van der Waals surface area contributed by atoms with Crippen LogP contribution in [0.2, 0.25) is 0 Å². The predicted molar refractivity (Wildman–Crippen MR) is 91.6 cm³/mol. The third-order valence-electron chi connectivity index (χ3n) is 4.40. The molecule has 0 bridgehead atoms. The Morgan fingerprint density at radius 1 is 1.48 bits per heavy atom. The lowest BCUT2D eigenvalue weighted by molar-refractivity contribution is 0.000330. The first-order valence-corrected chi connectivity index (χ1v) is 8.88. The van der Waals surface area contributed by atoms with Crippen LogP contribution in [0.15, 0.2) is 11.6 Å². The zero-order chi connectivity index (χ0) is 16.9. The van der Waals surface area contributed by atoms with Crippen molar-refractivity contribution in [3.8, 4) is 0 Å². The molecule has 1 N–H and O–H groups in total. The molecule has 5 nitrogen and oxygen atoms in total. The highest BCUT2D eigenvalue weighted by molar-refractivity contribution is 5.68. The van der Waals surface area contributed by atoms with Gasteiger partial charge in [-0.05, 0) is 46.5 Å². The zero-order valence-corrected chi connectivity index (χ0v) is 15.1. The van der Waals surface area contributed by atoms with Crippen LogP contribution in [0.1, 0.15) is 53.4 Å². The van der Waals surface area contributed by atoms with E-state index in [-0.39, 0.29) is 6.09 Å². The van der Waals surface area contributed by atoms with E-state index in [9.17, 15) is 4.79 Å². The molecule has 1 saturated heterocycles. The fourth-order valence-corrected chi connectivity index (χ4v) is 2.99. The van der Waals surface area contributed by atoms with E-state index < -0.39 is 5.60 Å². The molecule has 0 aromatic carbocycles. The van der Waals surface area contributed by atoms with Gasteiger partial charge in [0, 0.05) is 32.3 Å². The van der Waals surface area contributed by atoms with Crippen molar-refractivity contribution in [3.05, 3.63) is 11.6 Å². The van der Waals surface area contributed by atoms with Crippen LogP contribution in [0.4, 0.5) is 4.79 Å². The molecule has 1 amide bonds. The number of nitrogens with zero attached hydrogens (tertiary/aromatic N) is 1. The molecule has 2 rings (SSSR count). The second kappa shape index (κ2) is 8.15. The van der Waals surface area contributed by atoms with E-state index in [1.54, 1.807) is 4.90 Å². The molecule has 0 aliphatic carbocycles. The standard InChI is InChI=1S/C18H32N2O3/c1-5-16-12-15(8-11-22-16)19-13-14-6-9-20(10-7-14)17(21)23-18(2,3)4/h6,15-16,19H,5,7-13H2,1-4H3. The van der Waals surface area contributed by atoms with Gasteiger partial charge in [-0.1, -0.05) is 18.6 Å². The van der Waals surface area contributed by atoms with Gasteiger partial charge in [-0.15, -0.1) is 0 Å². The lowest BCUT2D eigenvalue weighted by Crippen LogP contribution is -2.42. The van der Waals surface area contributed by atoms with Crippen molar-refractivity contribution < 1.29 is 14.3 Å². The number of hydrogen-bond acceptors (Lipinski definition) is 4. The van der Waals surface area contributed by atoms with Gasteiger partial charge < -0.3 is 19.7 Å². The second-order valence-corrected chi connectivity index (χ2v) is 7.54. The van der Waals surface area contributed by atoms with Crippen molar-refractivity contribution >= 4 is 6.09 Å². The number of rotatable bonds is 4. The summed E-state index contributed by atoms with van der Waals surface area (Å²) in [7, 11) is 0. The Kier molecular flexibility index (Phi) is 6.48. The van der Waals surface area contributed by atoms with Crippen LogP contribution in [0, 0.1) is 0 Å². The maximum Gasteiger partial charge on any atom is 0.410 e. The number of amides is 1. The summed E-state index contributed by atoms with van der Waals surface area (Å²) in [5.74, 6) is 0. The number of carbonyl (C=O) groups is 1. The maximum atomic E-state index is 12.0. The summed E-state index contributed by atoms with van der Waals surface area (Å²) in [5.41, 5.74) is 0.964. The minimum Gasteiger partial charge on any atom is -0.444 e. The van der Waals surface area contributed by atoms with E-state index in [1.165, 1.54) is 5.57 Å². The van der Waals surface area contributed by atoms with Crippen LogP contribution in [0.25, 0.3) is 0 Å². The maximum absolute atomic E-state index is 12.0. The van der Waals surface area contributed by atoms with Crippen molar-refractivity contribution in [1.29, 1.82) is 0 Å². The highest BCUT2D eigenvalue weighted by Gasteiger charge is 2.24. The molecule has 132 valence electrons. The van der Waals surface area contributed by atoms with Gasteiger partial charge in [-0.2, -0.15) is 0 Å². The van der Waals surface area contributed by atoms with Crippen LogP contribution < -0.4 is 5.32 Å². The predicted octanol–water partition coefficient (Wildman–Crippen LogP) is 3.10. The second-order valence-electron chi connectivity index (χ2n) is 7.54. The molecule has 2 atom stereocenters. The minimum atomic E-state index is -0.429. The van der Waals surface area contributed by atoms with E-state index in [0.717, 1.165) is 45.4 Å². The highest BCUT2D eigenvalue weighted by atomic mass is 16.6. The average Bonchev–Trinajstić information content (AvgIpc) is 2.52. The lowest BCUT2D eigenvalue weighted by Gasteiger charge is -2.32. The van der Waals surface area contributed by atoms with Crippen molar-refractivity contribution in [2.75, 3.05) is 26.2 Å². The van der Waals surface area contributed by atoms with E-state index in [0.29, 0.717) is 18.7 Å². The van der Waals surface area contributed by atoms with Crippen LogP contribution in [0.3, 0.4) is 0 Å². The summed E-state index contributed by atoms with van der Waals surface area (Å²) in [6, 6.07) is 0.554. The molecule has 2 aliphatic rings. The highest BCUT2D eigenvalue weighted by Crippen LogP contribution is 2.18. The summed E-state index contributed by atoms with van der Waals surface area (Å²) < 4.78 is 11.1. The third kappa shape index (κ3) is 6.15. The van der Waals surface area contributed by atoms with Crippen LogP contribution >= 0.6 is 0 Å². The molecular formula is C18H32N2O3. The first-order valence-electron chi connectivity index (χ1n) is 8.88. The smallest absolute Gasteiger partial charge is 0.410 e. The van der Waals surface area contributed by atoms with Gasteiger partial charge in [0.2, 0.25) is 0 Å². The van der Waals surface area contributed by atoms with Crippen LogP contribution in [-0.4, -0.2) is 55.0 Å². The van der Waals surface area contributed by atoms with Gasteiger partial charge in [0.1, 0.15) is 5.60 Å². The number of nitrogens with one attached hydrogen (secondary N) is 1. The number of hydrogen-bond donors (Lipinski definition) is 1. The quantitative estimate of drug-likeness (QED) is 0.807. The molecular weight excluding hydrogens is 292 g/mol. The largest absolute Gasteiger partial charge is 0.444 e. The van der Waals surface area contributed by atoms with E-state index >= 15 is 0 Å². The topological polar surface area (TPSA) is 50.8 Å². The number of carbonyl (C=O) groups excluding carboxylic acids is 1. The van der Waals surface area contributed by atoms with E-state index in [4.69, 9.17) is 9.47 Å².